The Kier molecular flexibility index (Phi) is 6.88. The highest BCUT2D eigenvalue weighted by molar-refractivity contribution is 7.92. The third kappa shape index (κ3) is 5.19. The van der Waals surface area contributed by atoms with Crippen molar-refractivity contribution in [3.05, 3.63) is 117 Å². The van der Waals surface area contributed by atoms with E-state index in [1.807, 2.05) is 53.9 Å². The van der Waals surface area contributed by atoms with Crippen LogP contribution >= 0.6 is 34.3 Å². The minimum Gasteiger partial charge on any atom is -0.423 e. The van der Waals surface area contributed by atoms with Crippen molar-refractivity contribution in [1.29, 1.82) is 0 Å². The zero-order valence-corrected chi connectivity index (χ0v) is 21.7. The number of para-hydroxylation sites is 1. The molecule has 0 amide bonds. The Labute approximate surface area is 220 Å². The van der Waals surface area contributed by atoms with Crippen molar-refractivity contribution in [3.63, 3.8) is 0 Å². The van der Waals surface area contributed by atoms with Gasteiger partial charge in [0, 0.05) is 11.1 Å². The summed E-state index contributed by atoms with van der Waals surface area (Å²) in [6.07, 6.45) is 0. The first-order chi connectivity index (χ1) is 17.4. The van der Waals surface area contributed by atoms with Gasteiger partial charge < -0.3 is 4.74 Å². The Morgan fingerprint density at radius 1 is 0.861 bits per heavy atom. The zero-order valence-electron chi connectivity index (χ0n) is 18.4. The van der Waals surface area contributed by atoms with Crippen LogP contribution in [0.25, 0.3) is 16.9 Å². The number of hydrogen-bond acceptors (Lipinski definition) is 6. The highest BCUT2D eigenvalue weighted by Crippen LogP contribution is 2.28. The topological polar surface area (TPSA) is 77.7 Å². The number of thiophene rings is 1. The third-order valence-electron chi connectivity index (χ3n) is 5.09. The molecule has 36 heavy (non-hydrogen) atoms. The summed E-state index contributed by atoms with van der Waals surface area (Å²) in [6, 6.07) is 28.1. The van der Waals surface area contributed by atoms with E-state index in [4.69, 9.17) is 16.3 Å². The maximum atomic E-state index is 12.9. The van der Waals surface area contributed by atoms with Crippen LogP contribution in [0.2, 0.25) is 4.34 Å². The SMILES string of the molecule is O=C(Oc1ccc(-c2cs/c(=N/S(=O)(=O)c3ccc(Cl)s3)n2-c2ccccc2)cc1)c1ccccc1. The highest BCUT2D eigenvalue weighted by Gasteiger charge is 2.18. The van der Waals surface area contributed by atoms with E-state index in [0.717, 1.165) is 28.3 Å². The predicted octanol–water partition coefficient (Wildman–Crippen LogP) is 6.43. The van der Waals surface area contributed by atoms with Crippen molar-refractivity contribution in [2.45, 2.75) is 4.21 Å². The van der Waals surface area contributed by atoms with E-state index in [9.17, 15) is 13.2 Å². The van der Waals surface area contributed by atoms with E-state index in [1.54, 1.807) is 41.0 Å². The molecule has 0 aliphatic heterocycles. The first-order valence-electron chi connectivity index (χ1n) is 10.6. The minimum absolute atomic E-state index is 0.0756. The van der Waals surface area contributed by atoms with Crippen LogP contribution in [0.1, 0.15) is 10.4 Å². The normalized spacial score (nSPS) is 12.0. The van der Waals surface area contributed by atoms with Crippen LogP contribution in [0.3, 0.4) is 0 Å². The summed E-state index contributed by atoms with van der Waals surface area (Å²) in [5.74, 6) is -0.0469. The van der Waals surface area contributed by atoms with Gasteiger partial charge in [0.1, 0.15) is 9.96 Å². The fraction of sp³-hybridized carbons (Fsp3) is 0. The van der Waals surface area contributed by atoms with E-state index >= 15 is 0 Å². The van der Waals surface area contributed by atoms with Crippen molar-refractivity contribution >= 4 is 50.3 Å². The Morgan fingerprint density at radius 3 is 2.17 bits per heavy atom. The van der Waals surface area contributed by atoms with Crippen molar-refractivity contribution in [2.24, 2.45) is 4.40 Å². The number of sulfonamides is 1. The average molecular weight is 553 g/mol. The van der Waals surface area contributed by atoms with Crippen LogP contribution < -0.4 is 9.54 Å². The molecule has 2 aromatic heterocycles. The minimum atomic E-state index is -3.95. The molecule has 0 unspecified atom stereocenters. The molecule has 5 aromatic rings. The first kappa shape index (κ1) is 24.2. The number of esters is 1. The molecule has 0 radical (unpaired) electrons. The lowest BCUT2D eigenvalue weighted by Crippen LogP contribution is -2.16. The molecule has 180 valence electrons. The number of halogens is 1. The molecule has 0 spiro atoms. The van der Waals surface area contributed by atoms with Gasteiger partial charge in [-0.1, -0.05) is 48.0 Å². The summed E-state index contributed by atoms with van der Waals surface area (Å²) in [6.45, 7) is 0. The molecule has 0 fully saturated rings. The molecule has 5 rings (SSSR count). The van der Waals surface area contributed by atoms with E-state index in [0.29, 0.717) is 20.5 Å². The van der Waals surface area contributed by atoms with Gasteiger partial charge in [-0.2, -0.15) is 8.42 Å². The standard InChI is InChI=1S/C26H17ClN2O4S3/c27-23-15-16-24(35-23)36(31,32)28-26-29(20-9-5-2-6-10-20)22(17-34-26)18-11-13-21(14-12-18)33-25(30)19-7-3-1-4-8-19/h1-17H/b28-26+. The maximum absolute atomic E-state index is 12.9. The van der Waals surface area contributed by atoms with Gasteiger partial charge in [0.15, 0.2) is 0 Å². The quantitative estimate of drug-likeness (QED) is 0.180. The first-order valence-corrected chi connectivity index (χ1v) is 14.1. The Hall–Kier alpha value is -3.50. The molecular weight excluding hydrogens is 536 g/mol. The van der Waals surface area contributed by atoms with Gasteiger partial charge in [0.2, 0.25) is 4.80 Å². The number of nitrogens with zero attached hydrogens (tertiary/aromatic N) is 2. The van der Waals surface area contributed by atoms with E-state index in [-0.39, 0.29) is 4.21 Å². The molecule has 2 heterocycles. The second kappa shape index (κ2) is 10.2. The Bertz CT molecular complexity index is 1690. The second-order valence-electron chi connectivity index (χ2n) is 7.48. The lowest BCUT2D eigenvalue weighted by Gasteiger charge is -2.10. The number of thiazole rings is 1. The molecule has 0 bridgehead atoms. The van der Waals surface area contributed by atoms with Crippen LogP contribution in [-0.2, 0) is 10.0 Å². The van der Waals surface area contributed by atoms with Crippen LogP contribution in [0.15, 0.2) is 111 Å². The largest absolute Gasteiger partial charge is 0.423 e. The van der Waals surface area contributed by atoms with Crippen LogP contribution in [-0.4, -0.2) is 19.0 Å². The maximum Gasteiger partial charge on any atom is 0.343 e. The van der Waals surface area contributed by atoms with Crippen molar-refractivity contribution < 1.29 is 17.9 Å². The summed E-state index contributed by atoms with van der Waals surface area (Å²) in [4.78, 5) is 12.7. The molecule has 0 aliphatic rings. The lowest BCUT2D eigenvalue weighted by atomic mass is 10.1. The zero-order chi connectivity index (χ0) is 25.1. The van der Waals surface area contributed by atoms with Gasteiger partial charge in [-0.3, -0.25) is 4.57 Å². The fourth-order valence-electron chi connectivity index (χ4n) is 3.42. The van der Waals surface area contributed by atoms with E-state index in [2.05, 4.69) is 4.40 Å². The van der Waals surface area contributed by atoms with Crippen LogP contribution in [0.4, 0.5) is 0 Å². The number of benzene rings is 3. The predicted molar refractivity (Wildman–Crippen MR) is 143 cm³/mol. The second-order valence-corrected chi connectivity index (χ2v) is 11.9. The molecule has 6 nitrogen and oxygen atoms in total. The fourth-order valence-corrected chi connectivity index (χ4v) is 6.99. The molecule has 0 aliphatic carbocycles. The van der Waals surface area contributed by atoms with Gasteiger partial charge in [-0.15, -0.1) is 27.1 Å². The van der Waals surface area contributed by atoms with E-state index in [1.165, 1.54) is 23.5 Å². The summed E-state index contributed by atoms with van der Waals surface area (Å²) >= 11 is 8.11. The molecular formula is C26H17ClN2O4S3. The third-order valence-corrected chi connectivity index (χ3v) is 9.00. The van der Waals surface area contributed by atoms with Gasteiger partial charge in [-0.05, 0) is 66.2 Å². The van der Waals surface area contributed by atoms with Crippen molar-refractivity contribution in [3.8, 4) is 22.7 Å². The van der Waals surface area contributed by atoms with Crippen LogP contribution in [0, 0.1) is 0 Å². The van der Waals surface area contributed by atoms with Crippen molar-refractivity contribution in [2.75, 3.05) is 0 Å². The number of hydrogen-bond donors (Lipinski definition) is 0. The Morgan fingerprint density at radius 2 is 1.53 bits per heavy atom. The number of aromatic nitrogens is 1. The molecule has 0 atom stereocenters. The molecule has 10 heteroatoms. The van der Waals surface area contributed by atoms with Gasteiger partial charge in [0.25, 0.3) is 10.0 Å². The van der Waals surface area contributed by atoms with Crippen LogP contribution in [0.5, 0.6) is 5.75 Å². The summed E-state index contributed by atoms with van der Waals surface area (Å²) < 4.78 is 37.7. The number of carbonyl (C=O) groups excluding carboxylic acids is 1. The summed E-state index contributed by atoms with van der Waals surface area (Å²) in [5, 5.41) is 1.84. The number of carbonyl (C=O) groups is 1. The average Bonchev–Trinajstić information content (AvgIpc) is 3.52. The molecule has 0 saturated carbocycles. The smallest absolute Gasteiger partial charge is 0.343 e. The highest BCUT2D eigenvalue weighted by atomic mass is 35.5. The van der Waals surface area contributed by atoms with Crippen molar-refractivity contribution in [1.82, 2.24) is 4.57 Å². The Balaban J connectivity index is 1.53. The van der Waals surface area contributed by atoms with Gasteiger partial charge >= 0.3 is 5.97 Å². The van der Waals surface area contributed by atoms with Gasteiger partial charge in [-0.25, -0.2) is 4.79 Å². The monoisotopic (exact) mass is 552 g/mol. The van der Waals surface area contributed by atoms with Gasteiger partial charge in [0.05, 0.1) is 15.6 Å². The number of ether oxygens (including phenoxy) is 1. The molecule has 0 saturated heterocycles. The molecule has 3 aromatic carbocycles. The summed E-state index contributed by atoms with van der Waals surface area (Å²) in [7, 11) is -3.95. The molecule has 0 N–H and O–H groups in total. The number of rotatable bonds is 6. The van der Waals surface area contributed by atoms with E-state index < -0.39 is 16.0 Å². The lowest BCUT2D eigenvalue weighted by molar-refractivity contribution is 0.0734. The summed E-state index contributed by atoms with van der Waals surface area (Å²) in [5.41, 5.74) is 2.75.